The van der Waals surface area contributed by atoms with E-state index in [-0.39, 0.29) is 17.6 Å². The number of rotatable bonds is 5. The molecule has 4 heteroatoms. The molecular weight excluding hydrogens is 326 g/mol. The van der Waals surface area contributed by atoms with E-state index in [9.17, 15) is 4.79 Å². The minimum atomic E-state index is -0.519. The van der Waals surface area contributed by atoms with Gasteiger partial charge in [0, 0.05) is 12.0 Å². The lowest BCUT2D eigenvalue weighted by atomic mass is 9.89. The summed E-state index contributed by atoms with van der Waals surface area (Å²) in [6.45, 7) is 8.04. The average Bonchev–Trinajstić information content (AvgIpc) is 2.60. The molecule has 1 N–H and O–H groups in total. The first-order valence-electron chi connectivity index (χ1n) is 9.20. The summed E-state index contributed by atoms with van der Waals surface area (Å²) in [6.07, 6.45) is 0.805. The molecule has 0 spiro atoms. The van der Waals surface area contributed by atoms with Gasteiger partial charge in [-0.3, -0.25) is 4.79 Å². The van der Waals surface area contributed by atoms with Crippen LogP contribution < -0.4 is 14.8 Å². The molecule has 4 nitrogen and oxygen atoms in total. The van der Waals surface area contributed by atoms with Gasteiger partial charge in [-0.25, -0.2) is 0 Å². The van der Waals surface area contributed by atoms with Crippen LogP contribution in [0.4, 0.5) is 0 Å². The fourth-order valence-corrected chi connectivity index (χ4v) is 3.36. The lowest BCUT2D eigenvalue weighted by Crippen LogP contribution is -2.45. The molecule has 0 saturated heterocycles. The third-order valence-corrected chi connectivity index (χ3v) is 4.72. The van der Waals surface area contributed by atoms with Crippen LogP contribution in [0.2, 0.25) is 0 Å². The summed E-state index contributed by atoms with van der Waals surface area (Å²) >= 11 is 0. The number of amides is 1. The van der Waals surface area contributed by atoms with Crippen LogP contribution in [0.3, 0.4) is 0 Å². The number of carbonyl (C=O) groups excluding carboxylic acids is 1. The largest absolute Gasteiger partial charge is 0.487 e. The summed E-state index contributed by atoms with van der Waals surface area (Å²) in [7, 11) is 0. The van der Waals surface area contributed by atoms with Crippen LogP contribution in [0.5, 0.6) is 11.5 Å². The number of nitrogens with one attached hydrogen (secondary N) is 1. The molecule has 1 aliphatic rings. The van der Waals surface area contributed by atoms with Crippen LogP contribution in [0.1, 0.15) is 50.8 Å². The Morgan fingerprint density at radius 2 is 1.92 bits per heavy atom. The highest BCUT2D eigenvalue weighted by Crippen LogP contribution is 2.39. The van der Waals surface area contributed by atoms with Gasteiger partial charge >= 0.3 is 0 Å². The molecule has 1 heterocycles. The van der Waals surface area contributed by atoms with Crippen LogP contribution in [0.25, 0.3) is 0 Å². The van der Waals surface area contributed by atoms with E-state index in [1.807, 2.05) is 76.2 Å². The van der Waals surface area contributed by atoms with Gasteiger partial charge in [0.25, 0.3) is 5.91 Å². The lowest BCUT2D eigenvalue weighted by molar-refractivity contribution is -0.129. The maximum Gasteiger partial charge on any atom is 0.261 e. The third kappa shape index (κ3) is 4.01. The Bertz CT molecular complexity index is 784. The Kier molecular flexibility index (Phi) is 5.21. The summed E-state index contributed by atoms with van der Waals surface area (Å²) in [6, 6.07) is 15.6. The Morgan fingerprint density at radius 1 is 1.23 bits per heavy atom. The molecule has 1 aliphatic heterocycles. The summed E-state index contributed by atoms with van der Waals surface area (Å²) in [4.78, 5) is 12.9. The molecule has 2 aromatic carbocycles. The topological polar surface area (TPSA) is 47.6 Å². The second-order valence-electron chi connectivity index (χ2n) is 7.45. The quantitative estimate of drug-likeness (QED) is 0.856. The van der Waals surface area contributed by atoms with E-state index in [0.29, 0.717) is 6.42 Å². The monoisotopic (exact) mass is 353 g/mol. The summed E-state index contributed by atoms with van der Waals surface area (Å²) in [5, 5.41) is 3.18. The van der Waals surface area contributed by atoms with E-state index < -0.39 is 6.10 Å². The number of aryl methyl sites for hydroxylation is 1. The number of hydrogen-bond donors (Lipinski definition) is 1. The summed E-state index contributed by atoms with van der Waals surface area (Å²) < 4.78 is 12.0. The molecule has 0 aliphatic carbocycles. The maximum absolute atomic E-state index is 12.9. The molecule has 138 valence electrons. The lowest BCUT2D eigenvalue weighted by Gasteiger charge is -2.38. The summed E-state index contributed by atoms with van der Waals surface area (Å²) in [5.74, 6) is 1.50. The zero-order chi connectivity index (χ0) is 18.7. The van der Waals surface area contributed by atoms with Gasteiger partial charge in [0.2, 0.25) is 0 Å². The molecular formula is C22H27NO3. The molecule has 2 aromatic rings. The van der Waals surface area contributed by atoms with Crippen LogP contribution >= 0.6 is 0 Å². The SMILES string of the molecule is CC[C@H](Oc1ccccc1C)C(=O)N[C@H]1CC(C)(C)Oc2ccccc21. The van der Waals surface area contributed by atoms with Gasteiger partial charge in [0.05, 0.1) is 6.04 Å². The van der Waals surface area contributed by atoms with Crippen LogP contribution in [0, 0.1) is 6.92 Å². The zero-order valence-corrected chi connectivity index (χ0v) is 15.9. The van der Waals surface area contributed by atoms with Crippen molar-refractivity contribution >= 4 is 5.91 Å². The number of ether oxygens (including phenoxy) is 2. The van der Waals surface area contributed by atoms with Gasteiger partial charge < -0.3 is 14.8 Å². The zero-order valence-electron chi connectivity index (χ0n) is 15.9. The first kappa shape index (κ1) is 18.3. The number of hydrogen-bond acceptors (Lipinski definition) is 3. The van der Waals surface area contributed by atoms with Crippen LogP contribution in [-0.2, 0) is 4.79 Å². The van der Waals surface area contributed by atoms with E-state index in [4.69, 9.17) is 9.47 Å². The molecule has 0 unspecified atom stereocenters. The second kappa shape index (κ2) is 7.40. The number of carbonyl (C=O) groups is 1. The van der Waals surface area contributed by atoms with Gasteiger partial charge in [-0.05, 0) is 44.9 Å². The van der Waals surface area contributed by atoms with Crippen LogP contribution in [0.15, 0.2) is 48.5 Å². The second-order valence-corrected chi connectivity index (χ2v) is 7.45. The van der Waals surface area contributed by atoms with Crippen molar-refractivity contribution in [3.8, 4) is 11.5 Å². The van der Waals surface area contributed by atoms with E-state index in [0.717, 1.165) is 29.0 Å². The minimum Gasteiger partial charge on any atom is -0.487 e. The first-order valence-corrected chi connectivity index (χ1v) is 9.20. The van der Waals surface area contributed by atoms with Crippen molar-refractivity contribution < 1.29 is 14.3 Å². The highest BCUT2D eigenvalue weighted by molar-refractivity contribution is 5.81. The van der Waals surface area contributed by atoms with E-state index in [1.165, 1.54) is 0 Å². The van der Waals surface area contributed by atoms with Crippen molar-refractivity contribution in [1.29, 1.82) is 0 Å². The van der Waals surface area contributed by atoms with E-state index in [1.54, 1.807) is 0 Å². The third-order valence-electron chi connectivity index (χ3n) is 4.72. The number of para-hydroxylation sites is 2. The molecule has 0 aromatic heterocycles. The predicted molar refractivity (Wildman–Crippen MR) is 103 cm³/mol. The smallest absolute Gasteiger partial charge is 0.261 e. The van der Waals surface area contributed by atoms with Crippen molar-refractivity contribution in [2.24, 2.45) is 0 Å². The van der Waals surface area contributed by atoms with Gasteiger partial charge in [-0.1, -0.05) is 43.3 Å². The Labute approximate surface area is 155 Å². The molecule has 0 bridgehead atoms. The Morgan fingerprint density at radius 3 is 2.65 bits per heavy atom. The number of fused-ring (bicyclic) bond motifs is 1. The van der Waals surface area contributed by atoms with E-state index in [2.05, 4.69) is 5.32 Å². The summed E-state index contributed by atoms with van der Waals surface area (Å²) in [5.41, 5.74) is 1.72. The van der Waals surface area contributed by atoms with Gasteiger partial charge in [0.15, 0.2) is 6.10 Å². The van der Waals surface area contributed by atoms with Crippen LogP contribution in [-0.4, -0.2) is 17.6 Å². The van der Waals surface area contributed by atoms with Gasteiger partial charge in [-0.15, -0.1) is 0 Å². The van der Waals surface area contributed by atoms with Gasteiger partial charge in [0.1, 0.15) is 17.1 Å². The van der Waals surface area contributed by atoms with Crippen molar-refractivity contribution in [3.63, 3.8) is 0 Å². The Hall–Kier alpha value is -2.49. The number of benzene rings is 2. The highest BCUT2D eigenvalue weighted by Gasteiger charge is 2.35. The van der Waals surface area contributed by atoms with Crippen molar-refractivity contribution in [2.75, 3.05) is 0 Å². The molecule has 3 rings (SSSR count). The first-order chi connectivity index (χ1) is 12.4. The predicted octanol–water partition coefficient (Wildman–Crippen LogP) is 4.57. The molecule has 1 amide bonds. The molecule has 0 radical (unpaired) electrons. The molecule has 26 heavy (non-hydrogen) atoms. The van der Waals surface area contributed by atoms with Crippen molar-refractivity contribution in [1.82, 2.24) is 5.32 Å². The fraction of sp³-hybridized carbons (Fsp3) is 0.409. The maximum atomic E-state index is 12.9. The van der Waals surface area contributed by atoms with Crippen molar-refractivity contribution in [3.05, 3.63) is 59.7 Å². The van der Waals surface area contributed by atoms with Gasteiger partial charge in [-0.2, -0.15) is 0 Å². The molecule has 0 fully saturated rings. The molecule has 2 atom stereocenters. The minimum absolute atomic E-state index is 0.0861. The van der Waals surface area contributed by atoms with Crippen molar-refractivity contribution in [2.45, 2.75) is 58.3 Å². The van der Waals surface area contributed by atoms with E-state index >= 15 is 0 Å². The Balaban J connectivity index is 1.77. The highest BCUT2D eigenvalue weighted by atomic mass is 16.5. The fourth-order valence-electron chi connectivity index (χ4n) is 3.36. The molecule has 0 saturated carbocycles. The average molecular weight is 353 g/mol. The normalized spacial score (nSPS) is 19.0. The standard InChI is InChI=1S/C22H27NO3/c1-5-18(25-19-12-8-6-10-15(19)2)21(24)23-17-14-22(3,4)26-20-13-9-7-11-16(17)20/h6-13,17-18H,5,14H2,1-4H3,(H,23,24)/t17-,18-/m0/s1.